The van der Waals surface area contributed by atoms with Crippen molar-refractivity contribution in [2.75, 3.05) is 12.0 Å². The molecule has 76 valence electrons. The molecule has 0 aromatic rings. The van der Waals surface area contributed by atoms with Gasteiger partial charge in [0.05, 0.1) is 0 Å². The number of hydrogen-bond donors (Lipinski definition) is 3. The molecule has 1 unspecified atom stereocenters. The first-order valence-corrected chi connectivity index (χ1v) is 5.29. The molecule has 13 heavy (non-hydrogen) atoms. The molecule has 0 rings (SSSR count). The third-order valence-corrected chi connectivity index (χ3v) is 2.15. The minimum Gasteiger partial charge on any atom is -0.480 e. The molecule has 0 saturated carbocycles. The Morgan fingerprint density at radius 2 is 2.38 bits per heavy atom. The third kappa shape index (κ3) is 5.68. The molecule has 0 radical (unpaired) electrons. The van der Waals surface area contributed by atoms with Gasteiger partial charge >= 0.3 is 5.97 Å². The molecule has 0 heterocycles. The molecule has 0 aromatic carbocycles. The summed E-state index contributed by atoms with van der Waals surface area (Å²) in [5.74, 6) is -0.205. The zero-order valence-electron chi connectivity index (χ0n) is 7.56. The number of carboxylic acids is 1. The minimum atomic E-state index is -0.956. The van der Waals surface area contributed by atoms with Gasteiger partial charge in [0.25, 0.3) is 0 Å². The zero-order valence-corrected chi connectivity index (χ0v) is 8.38. The quantitative estimate of drug-likeness (QED) is 0.411. The van der Waals surface area contributed by atoms with Crippen molar-refractivity contribution in [2.24, 2.45) is 0 Å². The Labute approximate surface area is 82.0 Å². The van der Waals surface area contributed by atoms with Crippen LogP contribution < -0.4 is 5.32 Å². The maximum Gasteiger partial charge on any atom is 0.320 e. The normalized spacial score (nSPS) is 14.9. The second-order valence-corrected chi connectivity index (χ2v) is 3.51. The first-order chi connectivity index (χ1) is 6.11. The van der Waals surface area contributed by atoms with E-state index in [2.05, 4.69) is 11.9 Å². The summed E-state index contributed by atoms with van der Waals surface area (Å²) in [5, 5.41) is 20.3. The van der Waals surface area contributed by atoms with Gasteiger partial charge in [-0.3, -0.25) is 10.1 Å². The second-order valence-electron chi connectivity index (χ2n) is 2.52. The summed E-state index contributed by atoms with van der Waals surface area (Å²) in [4.78, 5) is 10.6. The maximum atomic E-state index is 10.6. The molecule has 3 N–H and O–H groups in total. The van der Waals surface area contributed by atoms with E-state index in [0.717, 1.165) is 5.75 Å². The van der Waals surface area contributed by atoms with Crippen LogP contribution in [0.4, 0.5) is 0 Å². The highest BCUT2D eigenvalue weighted by Crippen LogP contribution is 2.01. The molecule has 0 saturated heterocycles. The maximum absolute atomic E-state index is 10.6. The molecule has 0 fully saturated rings. The molecule has 0 spiro atoms. The van der Waals surface area contributed by atoms with E-state index in [-0.39, 0.29) is 0 Å². The Balaban J connectivity index is 3.94. The van der Waals surface area contributed by atoms with Crippen molar-refractivity contribution in [1.82, 2.24) is 5.32 Å². The monoisotopic (exact) mass is 205 g/mol. The molecule has 0 aromatic heterocycles. The average molecular weight is 205 g/mol. The zero-order chi connectivity index (χ0) is 10.3. The molecule has 5 heteroatoms. The summed E-state index contributed by atoms with van der Waals surface area (Å²) in [5.41, 5.74) is 0. The van der Waals surface area contributed by atoms with Crippen LogP contribution in [0.5, 0.6) is 0 Å². The van der Waals surface area contributed by atoms with Crippen LogP contribution in [0.3, 0.4) is 0 Å². The lowest BCUT2D eigenvalue weighted by Gasteiger charge is -2.16. The van der Waals surface area contributed by atoms with Gasteiger partial charge in [0.1, 0.15) is 12.3 Å². The number of aliphatic hydroxyl groups is 1. The van der Waals surface area contributed by atoms with Crippen LogP contribution in [0, 0.1) is 0 Å². The average Bonchev–Trinajstić information content (AvgIpc) is 2.11. The number of nitrogens with one attached hydrogen (secondary N) is 1. The number of carboxylic acid groups (broad SMARTS) is 1. The molecular formula is C8H15NO3S. The Morgan fingerprint density at radius 1 is 1.77 bits per heavy atom. The van der Waals surface area contributed by atoms with Crippen LogP contribution in [0.1, 0.15) is 6.42 Å². The fourth-order valence-electron chi connectivity index (χ4n) is 0.788. The molecule has 0 aliphatic heterocycles. The smallest absolute Gasteiger partial charge is 0.320 e. The van der Waals surface area contributed by atoms with Crippen molar-refractivity contribution < 1.29 is 15.0 Å². The molecule has 0 aliphatic rings. The lowest BCUT2D eigenvalue weighted by molar-refractivity contribution is -0.140. The highest BCUT2D eigenvalue weighted by molar-refractivity contribution is 7.98. The highest BCUT2D eigenvalue weighted by atomic mass is 32.2. The van der Waals surface area contributed by atoms with Crippen molar-refractivity contribution in [1.29, 1.82) is 0 Å². The number of hydrogen-bond acceptors (Lipinski definition) is 4. The van der Waals surface area contributed by atoms with E-state index in [4.69, 9.17) is 10.2 Å². The number of aliphatic carboxylic acids is 1. The number of thioether (sulfide) groups is 1. The van der Waals surface area contributed by atoms with Gasteiger partial charge in [-0.05, 0) is 24.5 Å². The van der Waals surface area contributed by atoms with E-state index in [1.54, 1.807) is 11.8 Å². The number of rotatable bonds is 7. The SMILES string of the molecule is C=CC(O)N[C@@H](CCSC)C(=O)O. The van der Waals surface area contributed by atoms with Gasteiger partial charge < -0.3 is 10.2 Å². The second kappa shape index (κ2) is 6.94. The standard InChI is InChI=1S/C8H15NO3S/c1-3-7(10)9-6(8(11)12)4-5-13-2/h3,6-7,9-10H,1,4-5H2,2H3,(H,11,12)/t6-,7?/m0/s1. The van der Waals surface area contributed by atoms with Crippen LogP contribution in [0.25, 0.3) is 0 Å². The van der Waals surface area contributed by atoms with Crippen LogP contribution in [0.15, 0.2) is 12.7 Å². The van der Waals surface area contributed by atoms with Crippen LogP contribution in [-0.4, -0.2) is 40.5 Å². The summed E-state index contributed by atoms with van der Waals surface area (Å²) in [6.07, 6.45) is 2.70. The van der Waals surface area contributed by atoms with Crippen molar-refractivity contribution in [3.63, 3.8) is 0 Å². The van der Waals surface area contributed by atoms with Crippen LogP contribution in [-0.2, 0) is 4.79 Å². The van der Waals surface area contributed by atoms with Gasteiger partial charge in [0.2, 0.25) is 0 Å². The van der Waals surface area contributed by atoms with Gasteiger partial charge in [-0.25, -0.2) is 0 Å². The summed E-state index contributed by atoms with van der Waals surface area (Å²) >= 11 is 1.57. The van der Waals surface area contributed by atoms with E-state index < -0.39 is 18.2 Å². The van der Waals surface area contributed by atoms with E-state index in [1.165, 1.54) is 6.08 Å². The van der Waals surface area contributed by atoms with Gasteiger partial charge in [-0.2, -0.15) is 11.8 Å². The Bertz CT molecular complexity index is 175. The molecule has 0 amide bonds. The van der Waals surface area contributed by atoms with Crippen molar-refractivity contribution in [2.45, 2.75) is 18.7 Å². The minimum absolute atomic E-state index is 0.488. The predicted octanol–water partition coefficient (Wildman–Crippen LogP) is 0.287. The summed E-state index contributed by atoms with van der Waals surface area (Å²) in [6.45, 7) is 3.34. The highest BCUT2D eigenvalue weighted by Gasteiger charge is 2.17. The third-order valence-electron chi connectivity index (χ3n) is 1.50. The van der Waals surface area contributed by atoms with E-state index in [0.29, 0.717) is 6.42 Å². The molecule has 0 bridgehead atoms. The molecular weight excluding hydrogens is 190 g/mol. The first kappa shape index (κ1) is 12.5. The molecule has 0 aliphatic carbocycles. The van der Waals surface area contributed by atoms with Gasteiger partial charge in [0, 0.05) is 0 Å². The summed E-state index contributed by atoms with van der Waals surface area (Å²) in [7, 11) is 0. The molecule has 2 atom stereocenters. The van der Waals surface area contributed by atoms with Gasteiger partial charge in [0.15, 0.2) is 0 Å². The Morgan fingerprint density at radius 3 is 2.77 bits per heavy atom. The van der Waals surface area contributed by atoms with Crippen molar-refractivity contribution in [3.8, 4) is 0 Å². The van der Waals surface area contributed by atoms with Crippen molar-refractivity contribution >= 4 is 17.7 Å². The summed E-state index contributed by atoms with van der Waals surface area (Å²) < 4.78 is 0. The Kier molecular flexibility index (Phi) is 6.66. The lowest BCUT2D eigenvalue weighted by atomic mass is 10.2. The predicted molar refractivity (Wildman–Crippen MR) is 53.8 cm³/mol. The number of carbonyl (C=O) groups is 1. The van der Waals surface area contributed by atoms with E-state index in [9.17, 15) is 4.79 Å². The van der Waals surface area contributed by atoms with Crippen LogP contribution >= 0.6 is 11.8 Å². The van der Waals surface area contributed by atoms with E-state index in [1.807, 2.05) is 6.26 Å². The molecule has 4 nitrogen and oxygen atoms in total. The largest absolute Gasteiger partial charge is 0.480 e. The fourth-order valence-corrected chi connectivity index (χ4v) is 1.26. The van der Waals surface area contributed by atoms with Gasteiger partial charge in [-0.15, -0.1) is 0 Å². The topological polar surface area (TPSA) is 69.6 Å². The first-order valence-electron chi connectivity index (χ1n) is 3.90. The number of aliphatic hydroxyl groups excluding tert-OH is 1. The summed E-state index contributed by atoms with van der Waals surface area (Å²) in [6, 6.07) is -0.708. The van der Waals surface area contributed by atoms with Crippen LogP contribution in [0.2, 0.25) is 0 Å². The fraction of sp³-hybridized carbons (Fsp3) is 0.625. The Hall–Kier alpha value is -0.520. The van der Waals surface area contributed by atoms with E-state index >= 15 is 0 Å². The lowest BCUT2D eigenvalue weighted by Crippen LogP contribution is -2.42. The van der Waals surface area contributed by atoms with Gasteiger partial charge in [-0.1, -0.05) is 6.58 Å². The van der Waals surface area contributed by atoms with Crippen molar-refractivity contribution in [3.05, 3.63) is 12.7 Å².